The smallest absolute Gasteiger partial charge is 0.251 e. The molecule has 1 aromatic carbocycles. The Hall–Kier alpha value is -1.94. The minimum Gasteiger partial charge on any atom is -0.324 e. The van der Waals surface area contributed by atoms with Gasteiger partial charge in [0.25, 0.3) is 5.56 Å². The van der Waals surface area contributed by atoms with Crippen molar-refractivity contribution in [3.8, 4) is 0 Å². The molecule has 4 heteroatoms. The number of nitrogens with two attached hydrogens (primary N) is 1. The van der Waals surface area contributed by atoms with Gasteiger partial charge in [-0.15, -0.1) is 0 Å². The monoisotopic (exact) mass is 269 g/mol. The molecule has 0 bridgehead atoms. The third kappa shape index (κ3) is 2.80. The van der Waals surface area contributed by atoms with Gasteiger partial charge in [-0.3, -0.25) is 4.79 Å². The lowest BCUT2D eigenvalue weighted by Gasteiger charge is -2.24. The minimum atomic E-state index is -0.125. The fraction of sp³-hybridized carbons (Fsp3) is 0.375. The number of nitrogens with one attached hydrogen (secondary N) is 1. The second kappa shape index (κ2) is 5.59. The Labute approximate surface area is 118 Å². The van der Waals surface area contributed by atoms with E-state index in [1.54, 1.807) is 6.07 Å². The first-order valence-electron chi connectivity index (χ1n) is 7.13. The van der Waals surface area contributed by atoms with Crippen LogP contribution in [0.2, 0.25) is 0 Å². The van der Waals surface area contributed by atoms with Crippen LogP contribution in [0.5, 0.6) is 0 Å². The lowest BCUT2D eigenvalue weighted by molar-refractivity contribution is 0.399. The van der Waals surface area contributed by atoms with Crippen LogP contribution >= 0.6 is 0 Å². The standard InChI is InChI=1S/C16H19N3O/c17-14(11-5-2-1-3-6-11)9-13-10-15(20)19-16(18-13)12-7-4-8-12/h1-3,5-6,10,12,14H,4,7-9,17H2,(H,18,19,20). The summed E-state index contributed by atoms with van der Waals surface area (Å²) in [6, 6.07) is 11.4. The summed E-state index contributed by atoms with van der Waals surface area (Å²) in [4.78, 5) is 19.2. The highest BCUT2D eigenvalue weighted by molar-refractivity contribution is 5.20. The molecule has 0 amide bonds. The number of nitrogens with zero attached hydrogens (tertiary/aromatic N) is 1. The molecule has 1 unspecified atom stereocenters. The van der Waals surface area contributed by atoms with E-state index >= 15 is 0 Å². The molecule has 1 fully saturated rings. The van der Waals surface area contributed by atoms with Gasteiger partial charge in [0.1, 0.15) is 5.82 Å². The Bertz CT molecular complexity index is 632. The zero-order valence-corrected chi connectivity index (χ0v) is 11.4. The van der Waals surface area contributed by atoms with E-state index in [-0.39, 0.29) is 11.6 Å². The Kier molecular flexibility index (Phi) is 3.65. The van der Waals surface area contributed by atoms with Crippen LogP contribution < -0.4 is 11.3 Å². The highest BCUT2D eigenvalue weighted by Gasteiger charge is 2.22. The van der Waals surface area contributed by atoms with E-state index in [2.05, 4.69) is 9.97 Å². The van der Waals surface area contributed by atoms with Gasteiger partial charge in [-0.25, -0.2) is 4.98 Å². The Morgan fingerprint density at radius 1 is 1.30 bits per heavy atom. The van der Waals surface area contributed by atoms with E-state index in [1.165, 1.54) is 6.42 Å². The van der Waals surface area contributed by atoms with Crippen LogP contribution in [0.15, 0.2) is 41.2 Å². The lowest BCUT2D eigenvalue weighted by Crippen LogP contribution is -2.22. The number of H-pyrrole nitrogens is 1. The number of benzene rings is 1. The maximum Gasteiger partial charge on any atom is 0.251 e. The molecule has 4 nitrogen and oxygen atoms in total. The van der Waals surface area contributed by atoms with Crippen molar-refractivity contribution in [3.05, 3.63) is 63.8 Å². The molecule has 1 atom stereocenters. The predicted molar refractivity (Wildman–Crippen MR) is 78.5 cm³/mol. The summed E-state index contributed by atoms with van der Waals surface area (Å²) in [6.45, 7) is 0. The average Bonchev–Trinajstić information content (AvgIpc) is 2.37. The van der Waals surface area contributed by atoms with Crippen molar-refractivity contribution in [1.82, 2.24) is 9.97 Å². The summed E-state index contributed by atoms with van der Waals surface area (Å²) < 4.78 is 0. The molecular weight excluding hydrogens is 250 g/mol. The molecule has 0 aliphatic heterocycles. The summed E-state index contributed by atoms with van der Waals surface area (Å²) in [5.74, 6) is 1.26. The van der Waals surface area contributed by atoms with E-state index in [4.69, 9.17) is 5.73 Å². The number of hydrogen-bond acceptors (Lipinski definition) is 3. The summed E-state index contributed by atoms with van der Waals surface area (Å²) in [5, 5.41) is 0. The number of hydrogen-bond donors (Lipinski definition) is 2. The predicted octanol–water partition coefficient (Wildman–Crippen LogP) is 2.28. The first-order chi connectivity index (χ1) is 9.72. The van der Waals surface area contributed by atoms with Crippen LogP contribution in [0.1, 0.15) is 48.3 Å². The fourth-order valence-corrected chi connectivity index (χ4v) is 2.55. The molecule has 1 heterocycles. The van der Waals surface area contributed by atoms with Crippen LogP contribution in [0.3, 0.4) is 0 Å². The van der Waals surface area contributed by atoms with Gasteiger partial charge in [-0.2, -0.15) is 0 Å². The van der Waals surface area contributed by atoms with E-state index < -0.39 is 0 Å². The lowest BCUT2D eigenvalue weighted by atomic mass is 9.85. The third-order valence-corrected chi connectivity index (χ3v) is 3.96. The molecule has 1 saturated carbocycles. The van der Waals surface area contributed by atoms with E-state index in [0.29, 0.717) is 12.3 Å². The third-order valence-electron chi connectivity index (χ3n) is 3.96. The topological polar surface area (TPSA) is 71.8 Å². The van der Waals surface area contributed by atoms with Crippen LogP contribution in [-0.4, -0.2) is 9.97 Å². The highest BCUT2D eigenvalue weighted by Crippen LogP contribution is 2.33. The molecule has 1 aromatic heterocycles. The molecule has 20 heavy (non-hydrogen) atoms. The number of aromatic nitrogens is 2. The van der Waals surface area contributed by atoms with Gasteiger partial charge in [0.05, 0.1) is 0 Å². The van der Waals surface area contributed by atoms with E-state index in [0.717, 1.165) is 29.9 Å². The zero-order valence-electron chi connectivity index (χ0n) is 11.4. The van der Waals surface area contributed by atoms with Gasteiger partial charge >= 0.3 is 0 Å². The molecule has 0 spiro atoms. The molecular formula is C16H19N3O. The molecule has 2 aromatic rings. The molecule has 3 N–H and O–H groups in total. The molecule has 0 saturated heterocycles. The SMILES string of the molecule is NC(Cc1cc(=O)[nH]c(C2CCC2)n1)c1ccccc1. The van der Waals surface area contributed by atoms with Crippen LogP contribution in [-0.2, 0) is 6.42 Å². The normalized spacial score (nSPS) is 16.6. The maximum atomic E-state index is 11.7. The summed E-state index contributed by atoms with van der Waals surface area (Å²) in [5.41, 5.74) is 7.98. The molecule has 1 aliphatic rings. The largest absolute Gasteiger partial charge is 0.324 e. The number of aromatic amines is 1. The Balaban J connectivity index is 1.80. The summed E-state index contributed by atoms with van der Waals surface area (Å²) >= 11 is 0. The summed E-state index contributed by atoms with van der Waals surface area (Å²) in [7, 11) is 0. The quantitative estimate of drug-likeness (QED) is 0.894. The highest BCUT2D eigenvalue weighted by atomic mass is 16.1. The zero-order chi connectivity index (χ0) is 13.9. The second-order valence-electron chi connectivity index (χ2n) is 5.47. The molecule has 3 rings (SSSR count). The van der Waals surface area contributed by atoms with Crippen LogP contribution in [0.4, 0.5) is 0 Å². The van der Waals surface area contributed by atoms with Crippen molar-refractivity contribution in [2.75, 3.05) is 0 Å². The van der Waals surface area contributed by atoms with Gasteiger partial charge < -0.3 is 10.7 Å². The van der Waals surface area contributed by atoms with E-state index in [9.17, 15) is 4.79 Å². The molecule has 104 valence electrons. The van der Waals surface area contributed by atoms with Gasteiger partial charge in [-0.1, -0.05) is 36.8 Å². The first kappa shape index (κ1) is 13.1. The van der Waals surface area contributed by atoms with Gasteiger partial charge in [-0.05, 0) is 18.4 Å². The average molecular weight is 269 g/mol. The number of rotatable bonds is 4. The van der Waals surface area contributed by atoms with E-state index in [1.807, 2.05) is 30.3 Å². The van der Waals surface area contributed by atoms with Gasteiger partial charge in [0, 0.05) is 30.1 Å². The molecule has 1 aliphatic carbocycles. The maximum absolute atomic E-state index is 11.7. The Morgan fingerprint density at radius 3 is 2.70 bits per heavy atom. The van der Waals surface area contributed by atoms with Crippen molar-refractivity contribution < 1.29 is 0 Å². The van der Waals surface area contributed by atoms with Crippen molar-refractivity contribution in [3.63, 3.8) is 0 Å². The minimum absolute atomic E-state index is 0.0721. The van der Waals surface area contributed by atoms with Crippen molar-refractivity contribution in [1.29, 1.82) is 0 Å². The molecule has 0 radical (unpaired) electrons. The first-order valence-corrected chi connectivity index (χ1v) is 7.13. The van der Waals surface area contributed by atoms with Crippen LogP contribution in [0, 0.1) is 0 Å². The second-order valence-corrected chi connectivity index (χ2v) is 5.47. The summed E-state index contributed by atoms with van der Waals surface area (Å²) in [6.07, 6.45) is 4.06. The van der Waals surface area contributed by atoms with Crippen LogP contribution in [0.25, 0.3) is 0 Å². The van der Waals surface area contributed by atoms with Gasteiger partial charge in [0.2, 0.25) is 0 Å². The van der Waals surface area contributed by atoms with Crippen molar-refractivity contribution >= 4 is 0 Å². The van der Waals surface area contributed by atoms with Crippen molar-refractivity contribution in [2.45, 2.75) is 37.6 Å². The van der Waals surface area contributed by atoms with Crippen molar-refractivity contribution in [2.24, 2.45) is 5.73 Å². The fourth-order valence-electron chi connectivity index (χ4n) is 2.55. The van der Waals surface area contributed by atoms with Gasteiger partial charge in [0.15, 0.2) is 0 Å². The Morgan fingerprint density at radius 2 is 2.05 bits per heavy atom.